The van der Waals surface area contributed by atoms with E-state index < -0.39 is 0 Å². The van der Waals surface area contributed by atoms with E-state index in [0.29, 0.717) is 0 Å². The smallest absolute Gasteiger partial charge is 0.0694 e. The topological polar surface area (TPSA) is 24.4 Å². The van der Waals surface area contributed by atoms with Gasteiger partial charge in [0.2, 0.25) is 0 Å². The predicted molar refractivity (Wildman–Crippen MR) is 99.7 cm³/mol. The van der Waals surface area contributed by atoms with E-state index in [4.69, 9.17) is 0 Å². The van der Waals surface area contributed by atoms with Crippen molar-refractivity contribution < 1.29 is 0 Å². The third-order valence-electron chi connectivity index (χ3n) is 2.77. The molecule has 1 aromatic carbocycles. The second-order valence-electron chi connectivity index (χ2n) is 4.14. The van der Waals surface area contributed by atoms with Gasteiger partial charge in [-0.05, 0) is 42.9 Å². The van der Waals surface area contributed by atoms with Crippen molar-refractivity contribution in [1.82, 2.24) is 5.32 Å². The maximum absolute atomic E-state index is 3.96. The highest BCUT2D eigenvalue weighted by Crippen LogP contribution is 2.21. The zero-order valence-electron chi connectivity index (χ0n) is 14.7. The minimum absolute atomic E-state index is 0.898. The number of hydrogen-bond acceptors (Lipinski definition) is 2. The molecule has 0 radical (unpaired) electrons. The fourth-order valence-electron chi connectivity index (χ4n) is 1.75. The van der Waals surface area contributed by atoms with Crippen LogP contribution in [0.3, 0.4) is 0 Å². The summed E-state index contributed by atoms with van der Waals surface area (Å²) in [7, 11) is 0. The van der Waals surface area contributed by atoms with Crippen molar-refractivity contribution in [3.8, 4) is 0 Å². The summed E-state index contributed by atoms with van der Waals surface area (Å²) in [6.45, 7) is 19.6. The zero-order valence-corrected chi connectivity index (χ0v) is 14.7. The Labute approximate surface area is 132 Å². The van der Waals surface area contributed by atoms with Crippen LogP contribution in [0.15, 0.2) is 29.8 Å². The molecule has 0 unspecified atom stereocenters. The van der Waals surface area contributed by atoms with Crippen molar-refractivity contribution >= 4 is 18.5 Å². The lowest BCUT2D eigenvalue weighted by molar-refractivity contribution is 0.617. The van der Waals surface area contributed by atoms with Gasteiger partial charge in [0.05, 0.1) is 5.69 Å². The molecule has 1 aromatic rings. The van der Waals surface area contributed by atoms with Crippen molar-refractivity contribution in [3.05, 3.63) is 35.9 Å². The SMILES string of the molecule is C=Cc1cc(CNCCCCC)ccc1N=C.CC.CC. The fraction of sp³-hybridized carbons (Fsp3) is 0.526. The van der Waals surface area contributed by atoms with Gasteiger partial charge in [0, 0.05) is 6.54 Å². The van der Waals surface area contributed by atoms with Gasteiger partial charge in [-0.2, -0.15) is 0 Å². The van der Waals surface area contributed by atoms with Gasteiger partial charge >= 0.3 is 0 Å². The first-order valence-corrected chi connectivity index (χ1v) is 8.24. The van der Waals surface area contributed by atoms with E-state index in [2.05, 4.69) is 42.7 Å². The number of nitrogens with zero attached hydrogens (tertiary/aromatic N) is 1. The molecule has 0 heterocycles. The summed E-state index contributed by atoms with van der Waals surface area (Å²) in [5, 5.41) is 3.44. The predicted octanol–water partition coefficient (Wildman–Crippen LogP) is 5.99. The quantitative estimate of drug-likeness (QED) is 0.461. The van der Waals surface area contributed by atoms with E-state index >= 15 is 0 Å². The zero-order chi connectivity index (χ0) is 16.5. The van der Waals surface area contributed by atoms with Crippen LogP contribution in [-0.2, 0) is 6.54 Å². The van der Waals surface area contributed by atoms with Crippen molar-refractivity contribution in [3.63, 3.8) is 0 Å². The van der Waals surface area contributed by atoms with Gasteiger partial charge < -0.3 is 5.32 Å². The van der Waals surface area contributed by atoms with Crippen LogP contribution in [0.5, 0.6) is 0 Å². The first-order valence-electron chi connectivity index (χ1n) is 8.24. The number of aliphatic imine (C=N–C) groups is 1. The summed E-state index contributed by atoms with van der Waals surface area (Å²) in [5.74, 6) is 0. The number of nitrogens with one attached hydrogen (secondary N) is 1. The van der Waals surface area contributed by atoms with E-state index in [0.717, 1.165) is 24.3 Å². The van der Waals surface area contributed by atoms with Gasteiger partial charge in [-0.15, -0.1) is 0 Å². The monoisotopic (exact) mass is 290 g/mol. The number of rotatable bonds is 8. The Hall–Kier alpha value is -1.41. The molecule has 21 heavy (non-hydrogen) atoms. The molecule has 0 aliphatic rings. The minimum atomic E-state index is 0.898. The molecule has 0 aromatic heterocycles. The molecular weight excluding hydrogens is 256 g/mol. The number of benzene rings is 1. The van der Waals surface area contributed by atoms with E-state index in [1.807, 2.05) is 39.8 Å². The van der Waals surface area contributed by atoms with Crippen molar-refractivity contribution in [1.29, 1.82) is 0 Å². The van der Waals surface area contributed by atoms with Crippen LogP contribution in [0.4, 0.5) is 5.69 Å². The molecule has 1 N–H and O–H groups in total. The van der Waals surface area contributed by atoms with E-state index in [-0.39, 0.29) is 0 Å². The molecule has 2 heteroatoms. The Morgan fingerprint density at radius 1 is 1.14 bits per heavy atom. The highest BCUT2D eigenvalue weighted by Gasteiger charge is 1.99. The Kier molecular flexibility index (Phi) is 17.3. The normalized spacial score (nSPS) is 8.81. The van der Waals surface area contributed by atoms with Gasteiger partial charge in [-0.3, -0.25) is 4.99 Å². The largest absolute Gasteiger partial charge is 0.313 e. The standard InChI is InChI=1S/C15H22N2.2C2H6/c1-4-6-7-10-17-12-13-8-9-15(16-3)14(5-2)11-13;2*1-2/h5,8-9,11,17H,2-4,6-7,10,12H2,1H3;2*1-2H3. The van der Waals surface area contributed by atoms with Crippen LogP contribution in [-0.4, -0.2) is 13.3 Å². The average molecular weight is 290 g/mol. The van der Waals surface area contributed by atoms with Crippen LogP contribution in [0.1, 0.15) is 65.0 Å². The third kappa shape index (κ3) is 10.0. The third-order valence-corrected chi connectivity index (χ3v) is 2.77. The van der Waals surface area contributed by atoms with Crippen LogP contribution < -0.4 is 5.32 Å². The van der Waals surface area contributed by atoms with Gasteiger partial charge in [0.25, 0.3) is 0 Å². The van der Waals surface area contributed by atoms with E-state index in [1.165, 1.54) is 24.8 Å². The molecule has 2 nitrogen and oxygen atoms in total. The number of hydrogen-bond donors (Lipinski definition) is 1. The second kappa shape index (κ2) is 16.6. The van der Waals surface area contributed by atoms with Crippen molar-refractivity contribution in [2.75, 3.05) is 6.54 Å². The molecule has 0 spiro atoms. The van der Waals surface area contributed by atoms with Crippen LogP contribution in [0.25, 0.3) is 6.08 Å². The molecule has 0 bridgehead atoms. The van der Waals surface area contributed by atoms with Crippen LogP contribution >= 0.6 is 0 Å². The molecule has 1 rings (SSSR count). The molecule has 0 saturated carbocycles. The minimum Gasteiger partial charge on any atom is -0.313 e. The van der Waals surface area contributed by atoms with Gasteiger partial charge in [0.1, 0.15) is 0 Å². The molecule has 0 atom stereocenters. The van der Waals surface area contributed by atoms with Gasteiger partial charge in [-0.25, -0.2) is 0 Å². The van der Waals surface area contributed by atoms with E-state index in [1.54, 1.807) is 0 Å². The maximum Gasteiger partial charge on any atom is 0.0694 e. The summed E-state index contributed by atoms with van der Waals surface area (Å²) >= 11 is 0. The van der Waals surface area contributed by atoms with Gasteiger partial charge in [0.15, 0.2) is 0 Å². The van der Waals surface area contributed by atoms with Crippen molar-refractivity contribution in [2.24, 2.45) is 4.99 Å². The lowest BCUT2D eigenvalue weighted by Gasteiger charge is -2.07. The Balaban J connectivity index is 0. The first-order chi connectivity index (χ1) is 10.3. The van der Waals surface area contributed by atoms with Gasteiger partial charge in [-0.1, -0.05) is 66.2 Å². The Bertz CT molecular complexity index is 370. The highest BCUT2D eigenvalue weighted by molar-refractivity contribution is 5.65. The highest BCUT2D eigenvalue weighted by atomic mass is 14.8. The van der Waals surface area contributed by atoms with Crippen LogP contribution in [0, 0.1) is 0 Å². The lowest BCUT2D eigenvalue weighted by Crippen LogP contribution is -2.14. The molecule has 0 fully saturated rings. The number of unbranched alkanes of at least 4 members (excludes halogenated alkanes) is 2. The average Bonchev–Trinajstić information content (AvgIpc) is 2.58. The molecule has 0 amide bonds. The lowest BCUT2D eigenvalue weighted by atomic mass is 10.1. The second-order valence-corrected chi connectivity index (χ2v) is 4.14. The summed E-state index contributed by atoms with van der Waals surface area (Å²) in [4.78, 5) is 3.96. The summed E-state index contributed by atoms with van der Waals surface area (Å²) < 4.78 is 0. The van der Waals surface area contributed by atoms with Crippen LogP contribution in [0.2, 0.25) is 0 Å². The summed E-state index contributed by atoms with van der Waals surface area (Å²) in [6, 6.07) is 6.20. The maximum atomic E-state index is 3.96. The first kappa shape index (κ1) is 21.9. The fourth-order valence-corrected chi connectivity index (χ4v) is 1.75. The molecule has 0 saturated heterocycles. The molecular formula is C19H34N2. The van der Waals surface area contributed by atoms with Crippen molar-refractivity contribution in [2.45, 2.75) is 60.4 Å². The van der Waals surface area contributed by atoms with E-state index in [9.17, 15) is 0 Å². The molecule has 120 valence electrons. The summed E-state index contributed by atoms with van der Waals surface area (Å²) in [6.07, 6.45) is 5.63. The Morgan fingerprint density at radius 2 is 1.81 bits per heavy atom. The summed E-state index contributed by atoms with van der Waals surface area (Å²) in [5.41, 5.74) is 3.21. The Morgan fingerprint density at radius 3 is 2.33 bits per heavy atom. The molecule has 0 aliphatic carbocycles. The molecule has 0 aliphatic heterocycles.